The van der Waals surface area contributed by atoms with Crippen LogP contribution in [0.15, 0.2) is 52.3 Å². The minimum atomic E-state index is -0.166. The van der Waals surface area contributed by atoms with Crippen LogP contribution in [-0.2, 0) is 6.54 Å². The lowest BCUT2D eigenvalue weighted by molar-refractivity contribution is 0.584. The highest BCUT2D eigenvalue weighted by molar-refractivity contribution is 7.99. The van der Waals surface area contributed by atoms with Crippen LogP contribution >= 0.6 is 11.8 Å². The number of rotatable bonds is 5. The minimum Gasteiger partial charge on any atom is -0.310 e. The van der Waals surface area contributed by atoms with Crippen molar-refractivity contribution >= 4 is 11.8 Å². The predicted octanol–water partition coefficient (Wildman–Crippen LogP) is 4.78. The molecule has 0 fully saturated rings. The minimum absolute atomic E-state index is 0.166. The molecule has 0 bridgehead atoms. The second kappa shape index (κ2) is 6.91. The first-order valence-electron chi connectivity index (χ1n) is 6.81. The van der Waals surface area contributed by atoms with E-state index in [9.17, 15) is 4.39 Å². The predicted molar refractivity (Wildman–Crippen MR) is 83.7 cm³/mol. The lowest BCUT2D eigenvalue weighted by Crippen LogP contribution is -2.22. The fraction of sp³-hybridized carbons (Fsp3) is 0.294. The number of hydrogen-bond donors (Lipinski definition) is 1. The summed E-state index contributed by atoms with van der Waals surface area (Å²) in [5.41, 5.74) is 2.44. The van der Waals surface area contributed by atoms with Gasteiger partial charge in [-0.3, -0.25) is 0 Å². The van der Waals surface area contributed by atoms with Gasteiger partial charge in [0.15, 0.2) is 0 Å². The van der Waals surface area contributed by atoms with Crippen molar-refractivity contribution < 1.29 is 4.39 Å². The monoisotopic (exact) mass is 289 g/mol. The van der Waals surface area contributed by atoms with E-state index in [1.54, 1.807) is 6.07 Å². The van der Waals surface area contributed by atoms with E-state index < -0.39 is 0 Å². The van der Waals surface area contributed by atoms with E-state index in [0.29, 0.717) is 10.9 Å². The molecule has 2 aromatic carbocycles. The molecule has 3 heteroatoms. The molecular formula is C17H20FNS. The highest BCUT2D eigenvalue weighted by Gasteiger charge is 2.08. The second-order valence-corrected chi connectivity index (χ2v) is 6.26. The zero-order valence-corrected chi connectivity index (χ0v) is 12.9. The molecule has 0 spiro atoms. The Morgan fingerprint density at radius 1 is 1.10 bits per heavy atom. The third kappa shape index (κ3) is 4.09. The highest BCUT2D eigenvalue weighted by atomic mass is 32.2. The van der Waals surface area contributed by atoms with Crippen LogP contribution in [0.3, 0.4) is 0 Å². The third-order valence-electron chi connectivity index (χ3n) is 2.97. The van der Waals surface area contributed by atoms with Gasteiger partial charge in [0.05, 0.1) is 0 Å². The molecule has 0 radical (unpaired) electrons. The van der Waals surface area contributed by atoms with E-state index in [0.717, 1.165) is 11.4 Å². The largest absolute Gasteiger partial charge is 0.310 e. The van der Waals surface area contributed by atoms with Crippen LogP contribution in [0.2, 0.25) is 0 Å². The van der Waals surface area contributed by atoms with Crippen molar-refractivity contribution in [3.8, 4) is 0 Å². The Morgan fingerprint density at radius 3 is 2.55 bits per heavy atom. The Balaban J connectivity index is 2.24. The lowest BCUT2D eigenvalue weighted by atomic mass is 10.1. The third-order valence-corrected chi connectivity index (χ3v) is 4.14. The van der Waals surface area contributed by atoms with Crippen LogP contribution in [0, 0.1) is 12.7 Å². The summed E-state index contributed by atoms with van der Waals surface area (Å²) in [6.45, 7) is 7.13. The van der Waals surface area contributed by atoms with Crippen molar-refractivity contribution in [2.75, 3.05) is 0 Å². The van der Waals surface area contributed by atoms with Gasteiger partial charge in [0.2, 0.25) is 0 Å². The number of aryl methyl sites for hydroxylation is 1. The number of hydrogen-bond acceptors (Lipinski definition) is 2. The van der Waals surface area contributed by atoms with Crippen molar-refractivity contribution in [3.63, 3.8) is 0 Å². The first-order chi connectivity index (χ1) is 9.56. The molecule has 0 aromatic heterocycles. The summed E-state index contributed by atoms with van der Waals surface area (Å²) < 4.78 is 13.8. The van der Waals surface area contributed by atoms with E-state index in [4.69, 9.17) is 0 Å². The van der Waals surface area contributed by atoms with E-state index >= 15 is 0 Å². The molecule has 0 amide bonds. The zero-order valence-electron chi connectivity index (χ0n) is 12.1. The number of benzene rings is 2. The van der Waals surface area contributed by atoms with Crippen LogP contribution in [0.1, 0.15) is 25.0 Å². The van der Waals surface area contributed by atoms with Crippen LogP contribution in [0.4, 0.5) is 4.39 Å². The normalized spacial score (nSPS) is 11.1. The average Bonchev–Trinajstić information content (AvgIpc) is 2.41. The van der Waals surface area contributed by atoms with Crippen molar-refractivity contribution in [2.45, 2.75) is 43.1 Å². The first-order valence-corrected chi connectivity index (χ1v) is 7.63. The molecule has 0 heterocycles. The summed E-state index contributed by atoms with van der Waals surface area (Å²) in [5.74, 6) is -0.166. The summed E-state index contributed by atoms with van der Waals surface area (Å²) in [6, 6.07) is 13.6. The molecule has 0 saturated carbocycles. The molecule has 0 unspecified atom stereocenters. The molecule has 0 saturated heterocycles. The van der Waals surface area contributed by atoms with Gasteiger partial charge in [0.1, 0.15) is 5.82 Å². The second-order valence-electron chi connectivity index (χ2n) is 5.18. The maximum atomic E-state index is 13.8. The quantitative estimate of drug-likeness (QED) is 0.850. The topological polar surface area (TPSA) is 12.0 Å². The SMILES string of the molecule is Cc1ccc(Sc2ccccc2F)c(CNC(C)C)c1. The van der Waals surface area contributed by atoms with Gasteiger partial charge in [-0.15, -0.1) is 0 Å². The van der Waals surface area contributed by atoms with E-state index in [-0.39, 0.29) is 5.82 Å². The Bertz CT molecular complexity index is 581. The van der Waals surface area contributed by atoms with Crippen LogP contribution < -0.4 is 5.32 Å². The van der Waals surface area contributed by atoms with Gasteiger partial charge in [-0.1, -0.05) is 55.4 Å². The standard InChI is InChI=1S/C17H20FNS/c1-12(2)19-11-14-10-13(3)8-9-16(14)20-17-7-5-4-6-15(17)18/h4-10,12,19H,11H2,1-3H3. The molecule has 20 heavy (non-hydrogen) atoms. The van der Waals surface area contributed by atoms with Crippen LogP contribution in [-0.4, -0.2) is 6.04 Å². The number of halogens is 1. The van der Waals surface area contributed by atoms with Crippen molar-refractivity contribution in [3.05, 3.63) is 59.4 Å². The smallest absolute Gasteiger partial charge is 0.137 e. The van der Waals surface area contributed by atoms with E-state index in [1.165, 1.54) is 29.0 Å². The Morgan fingerprint density at radius 2 is 1.85 bits per heavy atom. The Hall–Kier alpha value is -1.32. The molecule has 0 aliphatic carbocycles. The van der Waals surface area contributed by atoms with E-state index in [1.807, 2.05) is 12.1 Å². The van der Waals surface area contributed by atoms with Crippen LogP contribution in [0.5, 0.6) is 0 Å². The van der Waals surface area contributed by atoms with Gasteiger partial charge >= 0.3 is 0 Å². The molecule has 106 valence electrons. The summed E-state index contributed by atoms with van der Waals surface area (Å²) in [7, 11) is 0. The summed E-state index contributed by atoms with van der Waals surface area (Å²) in [6.07, 6.45) is 0. The van der Waals surface area contributed by atoms with Gasteiger partial charge < -0.3 is 5.32 Å². The Kier molecular flexibility index (Phi) is 5.21. The van der Waals surface area contributed by atoms with Gasteiger partial charge in [0.25, 0.3) is 0 Å². The fourth-order valence-corrected chi connectivity index (χ4v) is 2.85. The lowest BCUT2D eigenvalue weighted by Gasteiger charge is -2.13. The maximum Gasteiger partial charge on any atom is 0.137 e. The van der Waals surface area contributed by atoms with E-state index in [2.05, 4.69) is 44.3 Å². The average molecular weight is 289 g/mol. The van der Waals surface area contributed by atoms with Crippen molar-refractivity contribution in [1.82, 2.24) is 5.32 Å². The zero-order chi connectivity index (χ0) is 14.5. The summed E-state index contributed by atoms with van der Waals surface area (Å²) in [4.78, 5) is 1.77. The molecule has 1 nitrogen and oxygen atoms in total. The molecular weight excluding hydrogens is 269 g/mol. The first kappa shape index (κ1) is 15.1. The number of nitrogens with one attached hydrogen (secondary N) is 1. The summed E-state index contributed by atoms with van der Waals surface area (Å²) in [5, 5.41) is 3.42. The molecule has 2 rings (SSSR count). The van der Waals surface area contributed by atoms with Crippen molar-refractivity contribution in [2.24, 2.45) is 0 Å². The van der Waals surface area contributed by atoms with Crippen LogP contribution in [0.25, 0.3) is 0 Å². The van der Waals surface area contributed by atoms with Gasteiger partial charge in [-0.25, -0.2) is 4.39 Å². The highest BCUT2D eigenvalue weighted by Crippen LogP contribution is 2.32. The fourth-order valence-electron chi connectivity index (χ4n) is 1.91. The molecule has 0 aliphatic rings. The maximum absolute atomic E-state index is 13.8. The van der Waals surface area contributed by atoms with Gasteiger partial charge in [0, 0.05) is 22.4 Å². The Labute approximate surface area is 124 Å². The summed E-state index contributed by atoms with van der Waals surface area (Å²) >= 11 is 1.49. The van der Waals surface area contributed by atoms with Gasteiger partial charge in [-0.2, -0.15) is 0 Å². The molecule has 1 N–H and O–H groups in total. The van der Waals surface area contributed by atoms with Crippen molar-refractivity contribution in [1.29, 1.82) is 0 Å². The molecule has 2 aromatic rings. The molecule has 0 aliphatic heterocycles. The van der Waals surface area contributed by atoms with Gasteiger partial charge in [-0.05, 0) is 30.7 Å². The molecule has 0 atom stereocenters.